The maximum Gasteiger partial charge on any atom is 0.160 e. The van der Waals surface area contributed by atoms with Crippen LogP contribution in [0.15, 0.2) is 0 Å². The maximum atomic E-state index is 11.4. The van der Waals surface area contributed by atoms with Crippen molar-refractivity contribution in [3.05, 3.63) is 0 Å². The van der Waals surface area contributed by atoms with Crippen LogP contribution in [-0.4, -0.2) is 30.1 Å². The van der Waals surface area contributed by atoms with E-state index in [1.54, 1.807) is 6.92 Å². The second-order valence-electron chi connectivity index (χ2n) is 9.80. The quantitative estimate of drug-likeness (QED) is 0.633. The van der Waals surface area contributed by atoms with Crippen molar-refractivity contribution in [2.24, 2.45) is 10.8 Å². The van der Waals surface area contributed by atoms with Crippen LogP contribution in [0.25, 0.3) is 0 Å². The van der Waals surface area contributed by atoms with Gasteiger partial charge in [0.05, 0.1) is 6.61 Å². The van der Waals surface area contributed by atoms with E-state index in [0.717, 1.165) is 13.0 Å². The molecule has 0 aliphatic carbocycles. The van der Waals surface area contributed by atoms with Gasteiger partial charge < -0.3 is 10.1 Å². The molecule has 0 spiro atoms. The van der Waals surface area contributed by atoms with E-state index >= 15 is 0 Å². The molecular formula is C19H39NO2. The van der Waals surface area contributed by atoms with Gasteiger partial charge >= 0.3 is 0 Å². The predicted octanol–water partition coefficient (Wildman–Crippen LogP) is 4.59. The zero-order valence-corrected chi connectivity index (χ0v) is 16.6. The van der Waals surface area contributed by atoms with Crippen LogP contribution in [0, 0.1) is 10.8 Å². The number of rotatable bonds is 9. The van der Waals surface area contributed by atoms with E-state index in [9.17, 15) is 4.79 Å². The lowest BCUT2D eigenvalue weighted by Crippen LogP contribution is -2.46. The zero-order valence-electron chi connectivity index (χ0n) is 16.6. The zero-order chi connectivity index (χ0) is 17.8. The number of carbonyl (C=O) groups is 1. The average Bonchev–Trinajstić information content (AvgIpc) is 2.18. The highest BCUT2D eigenvalue weighted by Gasteiger charge is 2.32. The summed E-state index contributed by atoms with van der Waals surface area (Å²) in [6.45, 7) is 22.6. The molecule has 0 aromatic rings. The van der Waals surface area contributed by atoms with E-state index in [1.165, 1.54) is 6.42 Å². The molecule has 0 aliphatic heterocycles. The van der Waals surface area contributed by atoms with E-state index in [4.69, 9.17) is 4.74 Å². The first-order chi connectivity index (χ1) is 9.56. The highest BCUT2D eigenvalue weighted by Crippen LogP contribution is 2.38. The lowest BCUT2D eigenvalue weighted by molar-refractivity contribution is -0.137. The molecule has 22 heavy (non-hydrogen) atoms. The van der Waals surface area contributed by atoms with Crippen LogP contribution in [0.2, 0.25) is 0 Å². The molecule has 0 aromatic heterocycles. The molecule has 0 rings (SSSR count). The molecule has 0 fully saturated rings. The van der Waals surface area contributed by atoms with Gasteiger partial charge in [-0.05, 0) is 58.3 Å². The minimum absolute atomic E-state index is 0.0540. The van der Waals surface area contributed by atoms with E-state index in [2.05, 4.69) is 53.8 Å². The third kappa shape index (κ3) is 9.58. The number of hydrogen-bond donors (Lipinski definition) is 1. The van der Waals surface area contributed by atoms with E-state index in [1.807, 2.05) is 13.8 Å². The summed E-state index contributed by atoms with van der Waals surface area (Å²) in [5.41, 5.74) is -0.00172. The van der Waals surface area contributed by atoms with Crippen LogP contribution >= 0.6 is 0 Å². The Morgan fingerprint density at radius 2 is 1.41 bits per heavy atom. The van der Waals surface area contributed by atoms with Crippen molar-refractivity contribution < 1.29 is 9.53 Å². The largest absolute Gasteiger partial charge is 0.366 e. The number of hydrogen-bond acceptors (Lipinski definition) is 3. The number of ether oxygens (including phenoxy) is 1. The second-order valence-corrected chi connectivity index (χ2v) is 9.80. The average molecular weight is 314 g/mol. The standard InChI is InChI=1S/C19H39NO2/c1-15(21)19(9,10)22-12-11-20-18(7,8)14-17(5,6)13-16(2,3)4/h20H,11-14H2,1-10H3. The van der Waals surface area contributed by atoms with Crippen molar-refractivity contribution >= 4 is 5.78 Å². The summed E-state index contributed by atoms with van der Waals surface area (Å²) >= 11 is 0. The van der Waals surface area contributed by atoms with Crippen LogP contribution in [0.3, 0.4) is 0 Å². The topological polar surface area (TPSA) is 38.3 Å². The molecule has 0 saturated carbocycles. The summed E-state index contributed by atoms with van der Waals surface area (Å²) in [5.74, 6) is 0.0677. The Labute approximate surface area is 138 Å². The fourth-order valence-electron chi connectivity index (χ4n) is 3.55. The molecule has 3 heteroatoms. The molecule has 0 unspecified atom stereocenters. The van der Waals surface area contributed by atoms with Crippen LogP contribution < -0.4 is 5.32 Å². The second kappa shape index (κ2) is 7.44. The Kier molecular flexibility index (Phi) is 7.30. The molecule has 0 radical (unpaired) electrons. The van der Waals surface area contributed by atoms with Crippen molar-refractivity contribution in [2.75, 3.05) is 13.2 Å². The van der Waals surface area contributed by atoms with E-state index in [0.29, 0.717) is 12.0 Å². The summed E-state index contributed by atoms with van der Waals surface area (Å²) < 4.78 is 5.68. The summed E-state index contributed by atoms with van der Waals surface area (Å²) in [6, 6.07) is 0. The van der Waals surface area contributed by atoms with Gasteiger partial charge in [-0.15, -0.1) is 0 Å². The molecule has 0 aliphatic rings. The number of ketones is 1. The van der Waals surface area contributed by atoms with Crippen molar-refractivity contribution in [2.45, 2.75) is 93.2 Å². The van der Waals surface area contributed by atoms with E-state index in [-0.39, 0.29) is 16.7 Å². The van der Waals surface area contributed by atoms with Crippen molar-refractivity contribution in [1.82, 2.24) is 5.32 Å². The Balaban J connectivity index is 4.33. The Bertz CT molecular complexity index is 362. The number of nitrogens with one attached hydrogen (secondary N) is 1. The SMILES string of the molecule is CC(=O)C(C)(C)OCCNC(C)(C)CC(C)(C)CC(C)(C)C. The van der Waals surface area contributed by atoms with Gasteiger partial charge in [0.2, 0.25) is 0 Å². The first-order valence-electron chi connectivity index (χ1n) is 8.46. The molecule has 132 valence electrons. The fourth-order valence-corrected chi connectivity index (χ4v) is 3.55. The molecule has 0 atom stereocenters. The first kappa shape index (κ1) is 21.6. The Hall–Kier alpha value is -0.410. The van der Waals surface area contributed by atoms with Gasteiger partial charge in [-0.2, -0.15) is 0 Å². The Morgan fingerprint density at radius 3 is 1.82 bits per heavy atom. The van der Waals surface area contributed by atoms with Crippen molar-refractivity contribution in [1.29, 1.82) is 0 Å². The predicted molar refractivity (Wildman–Crippen MR) is 95.3 cm³/mol. The fraction of sp³-hybridized carbons (Fsp3) is 0.947. The molecule has 1 N–H and O–H groups in total. The van der Waals surface area contributed by atoms with Gasteiger partial charge in [0.15, 0.2) is 5.78 Å². The normalized spacial score (nSPS) is 14.3. The van der Waals surface area contributed by atoms with Crippen LogP contribution in [-0.2, 0) is 9.53 Å². The van der Waals surface area contributed by atoms with Gasteiger partial charge in [-0.3, -0.25) is 4.79 Å². The molecule has 0 aromatic carbocycles. The Morgan fingerprint density at radius 1 is 0.909 bits per heavy atom. The van der Waals surface area contributed by atoms with Crippen molar-refractivity contribution in [3.8, 4) is 0 Å². The van der Waals surface area contributed by atoms with Crippen molar-refractivity contribution in [3.63, 3.8) is 0 Å². The third-order valence-electron chi connectivity index (χ3n) is 3.95. The van der Waals surface area contributed by atoms with Gasteiger partial charge in [0.25, 0.3) is 0 Å². The monoisotopic (exact) mass is 313 g/mol. The lowest BCUT2D eigenvalue weighted by Gasteiger charge is -2.39. The molecular weight excluding hydrogens is 274 g/mol. The minimum Gasteiger partial charge on any atom is -0.366 e. The minimum atomic E-state index is -0.683. The number of carbonyl (C=O) groups excluding carboxylic acids is 1. The molecule has 0 saturated heterocycles. The van der Waals surface area contributed by atoms with Gasteiger partial charge in [-0.25, -0.2) is 0 Å². The number of Topliss-reactive ketones (excluding diaryl/α,β-unsaturated/α-hetero) is 1. The molecule has 0 heterocycles. The molecule has 0 amide bonds. The van der Waals surface area contributed by atoms with Crippen LogP contribution in [0.5, 0.6) is 0 Å². The van der Waals surface area contributed by atoms with Crippen LogP contribution in [0.1, 0.15) is 82.1 Å². The smallest absolute Gasteiger partial charge is 0.160 e. The molecule has 0 bridgehead atoms. The summed E-state index contributed by atoms with van der Waals surface area (Å²) in [5, 5.41) is 3.58. The highest BCUT2D eigenvalue weighted by molar-refractivity contribution is 5.83. The van der Waals surface area contributed by atoms with E-state index < -0.39 is 5.60 Å². The summed E-state index contributed by atoms with van der Waals surface area (Å²) in [4.78, 5) is 11.4. The van der Waals surface area contributed by atoms with Gasteiger partial charge in [0, 0.05) is 12.1 Å². The van der Waals surface area contributed by atoms with Gasteiger partial charge in [0.1, 0.15) is 5.60 Å². The van der Waals surface area contributed by atoms with Crippen LogP contribution in [0.4, 0.5) is 0 Å². The maximum absolute atomic E-state index is 11.4. The molecule has 3 nitrogen and oxygen atoms in total. The highest BCUT2D eigenvalue weighted by atomic mass is 16.5. The first-order valence-corrected chi connectivity index (χ1v) is 8.46. The van der Waals surface area contributed by atoms with Gasteiger partial charge in [-0.1, -0.05) is 34.6 Å². The summed E-state index contributed by atoms with van der Waals surface area (Å²) in [6.07, 6.45) is 2.30. The lowest BCUT2D eigenvalue weighted by atomic mass is 9.70. The third-order valence-corrected chi connectivity index (χ3v) is 3.95. The summed E-state index contributed by atoms with van der Waals surface area (Å²) in [7, 11) is 0.